The smallest absolute Gasteiger partial charge is 0.133 e. The van der Waals surface area contributed by atoms with Gasteiger partial charge in [-0.05, 0) is 18.4 Å². The summed E-state index contributed by atoms with van der Waals surface area (Å²) in [6.45, 7) is 2.21. The third-order valence-electron chi connectivity index (χ3n) is 3.01. The second-order valence-corrected chi connectivity index (χ2v) is 4.73. The topological polar surface area (TPSA) is 34.9 Å². The molecular weight excluding hydrogens is 212 g/mol. The first kappa shape index (κ1) is 13.9. The predicted octanol–water partition coefficient (Wildman–Crippen LogP) is 3.28. The summed E-state index contributed by atoms with van der Waals surface area (Å²) in [5.41, 5.74) is 1.16. The van der Waals surface area contributed by atoms with Crippen LogP contribution in [0, 0.1) is 0 Å². The van der Waals surface area contributed by atoms with E-state index in [1.54, 1.807) is 4.68 Å². The third-order valence-corrected chi connectivity index (χ3v) is 3.01. The molecule has 0 saturated heterocycles. The molecule has 0 N–H and O–H groups in total. The normalized spacial score (nSPS) is 10.7. The SMILES string of the molecule is CCCCCCCC(=O)CCc1cnn(C)c1. The van der Waals surface area contributed by atoms with Crippen LogP contribution in [0.25, 0.3) is 0 Å². The van der Waals surface area contributed by atoms with Crippen LogP contribution in [0.1, 0.15) is 57.4 Å². The Morgan fingerprint density at radius 1 is 1.24 bits per heavy atom. The van der Waals surface area contributed by atoms with Gasteiger partial charge in [0, 0.05) is 26.1 Å². The van der Waals surface area contributed by atoms with E-state index in [4.69, 9.17) is 0 Å². The molecule has 0 aliphatic heterocycles. The molecule has 17 heavy (non-hydrogen) atoms. The van der Waals surface area contributed by atoms with Gasteiger partial charge in [-0.1, -0.05) is 32.6 Å². The van der Waals surface area contributed by atoms with Gasteiger partial charge in [0.15, 0.2) is 0 Å². The number of aryl methyl sites for hydroxylation is 2. The zero-order chi connectivity index (χ0) is 12.5. The van der Waals surface area contributed by atoms with Gasteiger partial charge in [-0.25, -0.2) is 0 Å². The first-order valence-electron chi connectivity index (χ1n) is 6.71. The summed E-state index contributed by atoms with van der Waals surface area (Å²) in [4.78, 5) is 11.6. The van der Waals surface area contributed by atoms with Crippen molar-refractivity contribution in [2.75, 3.05) is 0 Å². The first-order chi connectivity index (χ1) is 8.22. The minimum absolute atomic E-state index is 0.394. The number of aromatic nitrogens is 2. The van der Waals surface area contributed by atoms with Crippen molar-refractivity contribution in [2.45, 2.75) is 58.3 Å². The van der Waals surface area contributed by atoms with Crippen molar-refractivity contribution in [1.82, 2.24) is 9.78 Å². The summed E-state index contributed by atoms with van der Waals surface area (Å²) in [7, 11) is 1.90. The molecule has 0 aliphatic carbocycles. The lowest BCUT2D eigenvalue weighted by Gasteiger charge is -2.00. The van der Waals surface area contributed by atoms with E-state index < -0.39 is 0 Å². The number of carbonyl (C=O) groups excluding carboxylic acids is 1. The predicted molar refractivity (Wildman–Crippen MR) is 69.9 cm³/mol. The van der Waals surface area contributed by atoms with Crippen molar-refractivity contribution in [1.29, 1.82) is 0 Å². The molecule has 0 atom stereocenters. The molecule has 0 radical (unpaired) electrons. The second-order valence-electron chi connectivity index (χ2n) is 4.73. The summed E-state index contributed by atoms with van der Waals surface area (Å²) < 4.78 is 1.78. The van der Waals surface area contributed by atoms with E-state index >= 15 is 0 Å². The van der Waals surface area contributed by atoms with Crippen molar-refractivity contribution < 1.29 is 4.79 Å². The molecule has 0 aromatic carbocycles. The van der Waals surface area contributed by atoms with Gasteiger partial charge in [0.05, 0.1) is 6.20 Å². The highest BCUT2D eigenvalue weighted by atomic mass is 16.1. The maximum atomic E-state index is 11.6. The third kappa shape index (κ3) is 6.25. The lowest BCUT2D eigenvalue weighted by atomic mass is 10.0. The van der Waals surface area contributed by atoms with Crippen molar-refractivity contribution in [2.24, 2.45) is 7.05 Å². The molecule has 3 heteroatoms. The highest BCUT2D eigenvalue weighted by Crippen LogP contribution is 2.08. The van der Waals surface area contributed by atoms with Gasteiger partial charge in [-0.2, -0.15) is 5.10 Å². The Kier molecular flexibility index (Phi) is 6.60. The van der Waals surface area contributed by atoms with E-state index in [-0.39, 0.29) is 0 Å². The minimum atomic E-state index is 0.394. The molecule has 0 bridgehead atoms. The van der Waals surface area contributed by atoms with Crippen LogP contribution in [0.4, 0.5) is 0 Å². The number of unbranched alkanes of at least 4 members (excludes halogenated alkanes) is 4. The summed E-state index contributed by atoms with van der Waals surface area (Å²) >= 11 is 0. The van der Waals surface area contributed by atoms with Gasteiger partial charge in [-0.15, -0.1) is 0 Å². The maximum absolute atomic E-state index is 11.6. The molecule has 0 amide bonds. The van der Waals surface area contributed by atoms with Crippen LogP contribution in [0.2, 0.25) is 0 Å². The molecule has 96 valence electrons. The van der Waals surface area contributed by atoms with Crippen LogP contribution in [0.5, 0.6) is 0 Å². The highest BCUT2D eigenvalue weighted by Gasteiger charge is 2.03. The van der Waals surface area contributed by atoms with Gasteiger partial charge in [-0.3, -0.25) is 9.48 Å². The van der Waals surface area contributed by atoms with E-state index in [0.717, 1.165) is 24.8 Å². The Morgan fingerprint density at radius 3 is 2.65 bits per heavy atom. The number of hydrogen-bond acceptors (Lipinski definition) is 2. The largest absolute Gasteiger partial charge is 0.300 e. The quantitative estimate of drug-likeness (QED) is 0.617. The molecule has 0 saturated carbocycles. The van der Waals surface area contributed by atoms with E-state index in [2.05, 4.69) is 12.0 Å². The van der Waals surface area contributed by atoms with Crippen molar-refractivity contribution in [3.8, 4) is 0 Å². The maximum Gasteiger partial charge on any atom is 0.133 e. The Morgan fingerprint density at radius 2 is 2.00 bits per heavy atom. The van der Waals surface area contributed by atoms with E-state index in [0.29, 0.717) is 12.2 Å². The zero-order valence-corrected chi connectivity index (χ0v) is 11.1. The monoisotopic (exact) mass is 236 g/mol. The average Bonchev–Trinajstić information content (AvgIpc) is 2.72. The summed E-state index contributed by atoms with van der Waals surface area (Å²) in [5, 5.41) is 4.10. The number of hydrogen-bond donors (Lipinski definition) is 0. The fourth-order valence-electron chi connectivity index (χ4n) is 1.94. The van der Waals surface area contributed by atoms with Crippen LogP contribution in [0.15, 0.2) is 12.4 Å². The van der Waals surface area contributed by atoms with Gasteiger partial charge in [0.2, 0.25) is 0 Å². The number of ketones is 1. The number of Topliss-reactive ketones (excluding diaryl/α,β-unsaturated/α-hetero) is 1. The number of nitrogens with zero attached hydrogens (tertiary/aromatic N) is 2. The highest BCUT2D eigenvalue weighted by molar-refractivity contribution is 5.78. The molecular formula is C14H24N2O. The van der Waals surface area contributed by atoms with Gasteiger partial charge in [0.25, 0.3) is 0 Å². The van der Waals surface area contributed by atoms with Crippen LogP contribution in [-0.4, -0.2) is 15.6 Å². The number of rotatable bonds is 9. The molecule has 0 unspecified atom stereocenters. The van der Waals surface area contributed by atoms with Crippen LogP contribution in [-0.2, 0) is 18.3 Å². The van der Waals surface area contributed by atoms with Gasteiger partial charge >= 0.3 is 0 Å². The van der Waals surface area contributed by atoms with E-state index in [9.17, 15) is 4.79 Å². The lowest BCUT2D eigenvalue weighted by molar-refractivity contribution is -0.119. The molecule has 1 heterocycles. The first-order valence-corrected chi connectivity index (χ1v) is 6.71. The van der Waals surface area contributed by atoms with Crippen LogP contribution < -0.4 is 0 Å². The molecule has 0 fully saturated rings. The average molecular weight is 236 g/mol. The molecule has 0 aliphatic rings. The van der Waals surface area contributed by atoms with E-state index in [1.807, 2.05) is 19.4 Å². The molecule has 3 nitrogen and oxygen atoms in total. The zero-order valence-electron chi connectivity index (χ0n) is 11.1. The Balaban J connectivity index is 2.05. The minimum Gasteiger partial charge on any atom is -0.300 e. The lowest BCUT2D eigenvalue weighted by Crippen LogP contribution is -1.99. The molecule has 1 aromatic heterocycles. The fourth-order valence-corrected chi connectivity index (χ4v) is 1.94. The summed E-state index contributed by atoms with van der Waals surface area (Å²) in [5.74, 6) is 0.394. The van der Waals surface area contributed by atoms with Gasteiger partial charge < -0.3 is 0 Å². The number of carbonyl (C=O) groups is 1. The van der Waals surface area contributed by atoms with E-state index in [1.165, 1.54) is 25.7 Å². The Labute approximate surface area is 104 Å². The van der Waals surface area contributed by atoms with Crippen molar-refractivity contribution in [3.05, 3.63) is 18.0 Å². The summed E-state index contributed by atoms with van der Waals surface area (Å²) in [6.07, 6.45) is 12.2. The van der Waals surface area contributed by atoms with Gasteiger partial charge in [0.1, 0.15) is 5.78 Å². The van der Waals surface area contributed by atoms with Crippen LogP contribution in [0.3, 0.4) is 0 Å². The standard InChI is InChI=1S/C14H24N2O/c1-3-4-5-6-7-8-14(17)10-9-13-11-15-16(2)12-13/h11-12H,3-10H2,1-2H3. The fraction of sp³-hybridized carbons (Fsp3) is 0.714. The van der Waals surface area contributed by atoms with Crippen LogP contribution >= 0.6 is 0 Å². The Hall–Kier alpha value is -1.12. The van der Waals surface area contributed by atoms with Crippen molar-refractivity contribution in [3.63, 3.8) is 0 Å². The Bertz CT molecular complexity index is 331. The summed E-state index contributed by atoms with van der Waals surface area (Å²) in [6, 6.07) is 0. The molecule has 1 aromatic rings. The van der Waals surface area contributed by atoms with Crippen molar-refractivity contribution >= 4 is 5.78 Å². The molecule has 0 spiro atoms. The molecule has 1 rings (SSSR count). The second kappa shape index (κ2) is 8.04.